The molecule has 3 rings (SSSR count). The summed E-state index contributed by atoms with van der Waals surface area (Å²) in [5.74, 6) is 0.0000463. The third kappa shape index (κ3) is 3.43. The van der Waals surface area contributed by atoms with Gasteiger partial charge in [0, 0.05) is 31.3 Å². The zero-order valence-electron chi connectivity index (χ0n) is 13.1. The van der Waals surface area contributed by atoms with Gasteiger partial charge in [0.1, 0.15) is 0 Å². The summed E-state index contributed by atoms with van der Waals surface area (Å²) in [5, 5.41) is 2.03. The second kappa shape index (κ2) is 7.11. The fourth-order valence-electron chi connectivity index (χ4n) is 2.64. The monoisotopic (exact) mass is 309 g/mol. The van der Waals surface area contributed by atoms with E-state index >= 15 is 0 Å². The minimum atomic E-state index is 0.0000463. The van der Waals surface area contributed by atoms with Crippen LogP contribution in [0.15, 0.2) is 65.5 Å². The quantitative estimate of drug-likeness (QED) is 0.697. The number of hydrogen-bond acceptors (Lipinski definition) is 3. The lowest BCUT2D eigenvalue weighted by molar-refractivity contribution is 0.0682. The minimum Gasteiger partial charge on any atom is -0.472 e. The number of fused-ring (bicyclic) bond motifs is 1. The summed E-state index contributed by atoms with van der Waals surface area (Å²) in [6.45, 7) is 1.53. The van der Waals surface area contributed by atoms with Crippen LogP contribution < -0.4 is 0 Å². The van der Waals surface area contributed by atoms with Gasteiger partial charge in [-0.25, -0.2) is 0 Å². The van der Waals surface area contributed by atoms with Crippen molar-refractivity contribution in [1.29, 1.82) is 0 Å². The van der Waals surface area contributed by atoms with Crippen LogP contribution in [-0.4, -0.2) is 31.1 Å². The highest BCUT2D eigenvalue weighted by Gasteiger charge is 2.18. The smallest absolute Gasteiger partial charge is 0.254 e. The second-order valence-corrected chi connectivity index (χ2v) is 5.38. The zero-order chi connectivity index (χ0) is 16.1. The fourth-order valence-corrected chi connectivity index (χ4v) is 2.64. The van der Waals surface area contributed by atoms with E-state index in [0.717, 1.165) is 16.3 Å². The molecular formula is C19H19NO3. The van der Waals surface area contributed by atoms with Crippen LogP contribution in [0.5, 0.6) is 0 Å². The van der Waals surface area contributed by atoms with E-state index in [1.54, 1.807) is 24.5 Å². The molecule has 0 radical (unpaired) electrons. The summed E-state index contributed by atoms with van der Waals surface area (Å²) >= 11 is 0. The normalized spacial score (nSPS) is 10.8. The van der Waals surface area contributed by atoms with Crippen LogP contribution in [-0.2, 0) is 11.3 Å². The lowest BCUT2D eigenvalue weighted by Gasteiger charge is -2.22. The van der Waals surface area contributed by atoms with E-state index in [1.165, 1.54) is 0 Å². The number of nitrogens with zero attached hydrogens (tertiary/aromatic N) is 1. The molecule has 2 aromatic carbocycles. The van der Waals surface area contributed by atoms with Gasteiger partial charge in [0.2, 0.25) is 0 Å². The topological polar surface area (TPSA) is 42.7 Å². The van der Waals surface area contributed by atoms with Crippen LogP contribution in [0.2, 0.25) is 0 Å². The molecule has 0 atom stereocenters. The molecule has 0 aliphatic carbocycles. The Balaban J connectivity index is 1.92. The van der Waals surface area contributed by atoms with E-state index in [0.29, 0.717) is 25.3 Å². The number of furan rings is 1. The maximum absolute atomic E-state index is 13.0. The molecular weight excluding hydrogens is 290 g/mol. The van der Waals surface area contributed by atoms with Gasteiger partial charge in [0.25, 0.3) is 5.91 Å². The average Bonchev–Trinajstić information content (AvgIpc) is 3.10. The molecule has 1 heterocycles. The Morgan fingerprint density at radius 2 is 1.96 bits per heavy atom. The molecule has 4 heteroatoms. The molecule has 0 saturated carbocycles. The zero-order valence-corrected chi connectivity index (χ0v) is 13.1. The van der Waals surface area contributed by atoms with Gasteiger partial charge >= 0.3 is 0 Å². The van der Waals surface area contributed by atoms with Gasteiger partial charge in [-0.3, -0.25) is 4.79 Å². The molecule has 0 spiro atoms. The molecule has 118 valence electrons. The van der Waals surface area contributed by atoms with Gasteiger partial charge < -0.3 is 14.1 Å². The Kier molecular flexibility index (Phi) is 4.74. The van der Waals surface area contributed by atoms with Gasteiger partial charge in [0.05, 0.1) is 19.1 Å². The number of carbonyl (C=O) groups excluding carboxylic acids is 1. The van der Waals surface area contributed by atoms with Crippen LogP contribution in [0.25, 0.3) is 10.8 Å². The molecule has 1 aromatic heterocycles. The summed E-state index contributed by atoms with van der Waals surface area (Å²) in [7, 11) is 1.64. The van der Waals surface area contributed by atoms with Crippen LogP contribution in [0.1, 0.15) is 15.9 Å². The molecule has 0 fully saturated rings. The third-order valence-electron chi connectivity index (χ3n) is 3.83. The summed E-state index contributed by atoms with van der Waals surface area (Å²) in [6, 6.07) is 15.6. The van der Waals surface area contributed by atoms with E-state index in [4.69, 9.17) is 9.15 Å². The molecule has 0 aliphatic rings. The van der Waals surface area contributed by atoms with Crippen LogP contribution in [0.4, 0.5) is 0 Å². The Labute approximate surface area is 135 Å². The van der Waals surface area contributed by atoms with E-state index in [9.17, 15) is 4.79 Å². The van der Waals surface area contributed by atoms with Crippen molar-refractivity contribution in [3.05, 3.63) is 72.2 Å². The molecule has 1 amide bonds. The highest BCUT2D eigenvalue weighted by Crippen LogP contribution is 2.21. The molecule has 3 aromatic rings. The SMILES string of the molecule is COCCN(Cc1ccoc1)C(=O)c1cccc2ccccc12. The summed E-state index contributed by atoms with van der Waals surface area (Å²) in [6.07, 6.45) is 3.28. The molecule has 4 nitrogen and oxygen atoms in total. The molecule has 23 heavy (non-hydrogen) atoms. The van der Waals surface area contributed by atoms with Crippen molar-refractivity contribution in [2.24, 2.45) is 0 Å². The van der Waals surface area contributed by atoms with Gasteiger partial charge in [0.15, 0.2) is 0 Å². The molecule has 0 aliphatic heterocycles. The van der Waals surface area contributed by atoms with Gasteiger partial charge in [-0.1, -0.05) is 36.4 Å². The van der Waals surface area contributed by atoms with Crippen LogP contribution in [0.3, 0.4) is 0 Å². The standard InChI is InChI=1S/C19H19NO3/c1-22-12-10-20(13-15-9-11-23-14-15)19(21)18-8-4-6-16-5-2-3-7-17(16)18/h2-9,11,14H,10,12-13H2,1H3. The number of methoxy groups -OCH3 is 1. The van der Waals surface area contributed by atoms with Crippen molar-refractivity contribution in [2.45, 2.75) is 6.54 Å². The first-order chi connectivity index (χ1) is 11.3. The predicted molar refractivity (Wildman–Crippen MR) is 89.3 cm³/mol. The second-order valence-electron chi connectivity index (χ2n) is 5.38. The van der Waals surface area contributed by atoms with E-state index in [2.05, 4.69) is 0 Å². The van der Waals surface area contributed by atoms with Crippen molar-refractivity contribution in [1.82, 2.24) is 4.90 Å². The van der Waals surface area contributed by atoms with E-state index in [1.807, 2.05) is 48.5 Å². The number of carbonyl (C=O) groups is 1. The summed E-state index contributed by atoms with van der Waals surface area (Å²) in [5.41, 5.74) is 1.68. The van der Waals surface area contributed by atoms with Gasteiger partial charge in [-0.05, 0) is 22.9 Å². The van der Waals surface area contributed by atoms with Crippen molar-refractivity contribution in [2.75, 3.05) is 20.3 Å². The molecule has 0 unspecified atom stereocenters. The fraction of sp³-hybridized carbons (Fsp3) is 0.211. The lowest BCUT2D eigenvalue weighted by atomic mass is 10.0. The first-order valence-electron chi connectivity index (χ1n) is 7.56. The Morgan fingerprint density at radius 1 is 1.13 bits per heavy atom. The minimum absolute atomic E-state index is 0.0000463. The highest BCUT2D eigenvalue weighted by atomic mass is 16.5. The van der Waals surface area contributed by atoms with Crippen molar-refractivity contribution in [3.8, 4) is 0 Å². The average molecular weight is 309 g/mol. The first kappa shape index (κ1) is 15.3. The lowest BCUT2D eigenvalue weighted by Crippen LogP contribution is -2.33. The highest BCUT2D eigenvalue weighted by molar-refractivity contribution is 6.07. The van der Waals surface area contributed by atoms with E-state index < -0.39 is 0 Å². The van der Waals surface area contributed by atoms with E-state index in [-0.39, 0.29) is 5.91 Å². The summed E-state index contributed by atoms with van der Waals surface area (Å²) < 4.78 is 10.3. The van der Waals surface area contributed by atoms with Crippen molar-refractivity contribution in [3.63, 3.8) is 0 Å². The number of hydrogen-bond donors (Lipinski definition) is 0. The predicted octanol–water partition coefficient (Wildman–Crippen LogP) is 3.72. The molecule has 0 N–H and O–H groups in total. The van der Waals surface area contributed by atoms with Crippen LogP contribution in [0, 0.1) is 0 Å². The Hall–Kier alpha value is -2.59. The number of benzene rings is 2. The maximum atomic E-state index is 13.0. The van der Waals surface area contributed by atoms with Crippen molar-refractivity contribution < 1.29 is 13.9 Å². The maximum Gasteiger partial charge on any atom is 0.254 e. The van der Waals surface area contributed by atoms with Crippen molar-refractivity contribution >= 4 is 16.7 Å². The third-order valence-corrected chi connectivity index (χ3v) is 3.83. The number of ether oxygens (including phenoxy) is 1. The number of amides is 1. The Morgan fingerprint density at radius 3 is 2.74 bits per heavy atom. The van der Waals surface area contributed by atoms with Gasteiger partial charge in [-0.2, -0.15) is 0 Å². The molecule has 0 saturated heterocycles. The number of rotatable bonds is 6. The van der Waals surface area contributed by atoms with Gasteiger partial charge in [-0.15, -0.1) is 0 Å². The largest absolute Gasteiger partial charge is 0.472 e. The molecule has 0 bridgehead atoms. The summed E-state index contributed by atoms with van der Waals surface area (Å²) in [4.78, 5) is 14.8. The van der Waals surface area contributed by atoms with Crippen LogP contribution >= 0.6 is 0 Å². The Bertz CT molecular complexity index is 775. The first-order valence-corrected chi connectivity index (χ1v) is 7.56.